The first-order chi connectivity index (χ1) is 7.69. The van der Waals surface area contributed by atoms with Crippen molar-refractivity contribution in [1.82, 2.24) is 15.1 Å². The van der Waals surface area contributed by atoms with Gasteiger partial charge >= 0.3 is 0 Å². The molecule has 2 rings (SSSR count). The smallest absolute Gasteiger partial charge is 0.215 e. The van der Waals surface area contributed by atoms with Crippen LogP contribution < -0.4 is 10.1 Å². The van der Waals surface area contributed by atoms with Gasteiger partial charge in [-0.1, -0.05) is 6.92 Å². The summed E-state index contributed by atoms with van der Waals surface area (Å²) in [5.41, 5.74) is 2.43. The average molecular weight is 223 g/mol. The van der Waals surface area contributed by atoms with E-state index in [2.05, 4.69) is 24.3 Å². The van der Waals surface area contributed by atoms with Crippen LogP contribution in [-0.2, 0) is 7.05 Å². The van der Waals surface area contributed by atoms with Crippen molar-refractivity contribution < 1.29 is 4.74 Å². The summed E-state index contributed by atoms with van der Waals surface area (Å²) < 4.78 is 7.27. The second-order valence-corrected chi connectivity index (χ2v) is 4.54. The summed E-state index contributed by atoms with van der Waals surface area (Å²) in [6, 6.07) is 0. The van der Waals surface area contributed by atoms with Gasteiger partial charge in [-0.15, -0.1) is 0 Å². The minimum Gasteiger partial charge on any atom is -0.481 e. The van der Waals surface area contributed by atoms with Crippen LogP contribution in [0.4, 0.5) is 0 Å². The molecule has 16 heavy (non-hydrogen) atoms. The lowest BCUT2D eigenvalue weighted by atomic mass is 10.1. The van der Waals surface area contributed by atoms with E-state index in [1.807, 2.05) is 11.7 Å². The fraction of sp³-hybridized carbons (Fsp3) is 0.750. The van der Waals surface area contributed by atoms with E-state index in [9.17, 15) is 0 Å². The van der Waals surface area contributed by atoms with E-state index in [0.29, 0.717) is 5.92 Å². The molecule has 0 aromatic carbocycles. The number of nitrogens with one attached hydrogen (secondary N) is 1. The maximum atomic E-state index is 5.43. The van der Waals surface area contributed by atoms with Gasteiger partial charge in [0.25, 0.3) is 0 Å². The van der Waals surface area contributed by atoms with Gasteiger partial charge in [0.2, 0.25) is 5.88 Å². The Morgan fingerprint density at radius 2 is 2.31 bits per heavy atom. The number of aromatic nitrogens is 2. The Hall–Kier alpha value is -1.03. The van der Waals surface area contributed by atoms with Gasteiger partial charge in [0.15, 0.2) is 0 Å². The molecule has 90 valence electrons. The Morgan fingerprint density at radius 3 is 2.94 bits per heavy atom. The topological polar surface area (TPSA) is 39.1 Å². The van der Waals surface area contributed by atoms with Crippen molar-refractivity contribution >= 4 is 0 Å². The van der Waals surface area contributed by atoms with E-state index in [0.717, 1.165) is 30.6 Å². The summed E-state index contributed by atoms with van der Waals surface area (Å²) in [5.74, 6) is 2.33. The average Bonchev–Trinajstić information content (AvgIpc) is 2.95. The van der Waals surface area contributed by atoms with Gasteiger partial charge in [0, 0.05) is 12.6 Å². The molecule has 4 heteroatoms. The number of hydrogen-bond donors (Lipinski definition) is 1. The zero-order chi connectivity index (χ0) is 11.7. The zero-order valence-electron chi connectivity index (χ0n) is 10.6. The molecule has 1 fully saturated rings. The number of aryl methyl sites for hydroxylation is 2. The first kappa shape index (κ1) is 11.5. The predicted octanol–water partition coefficient (Wildman–Crippen LogP) is 1.45. The predicted molar refractivity (Wildman–Crippen MR) is 63.9 cm³/mol. The molecule has 0 aliphatic heterocycles. The third-order valence-corrected chi connectivity index (χ3v) is 3.36. The second kappa shape index (κ2) is 4.45. The van der Waals surface area contributed by atoms with Gasteiger partial charge in [0.05, 0.1) is 12.8 Å². The van der Waals surface area contributed by atoms with Gasteiger partial charge in [-0.2, -0.15) is 5.10 Å². The lowest BCUT2D eigenvalue weighted by molar-refractivity contribution is 0.369. The third-order valence-electron chi connectivity index (χ3n) is 3.36. The van der Waals surface area contributed by atoms with Crippen LogP contribution in [0, 0.1) is 12.8 Å². The Balaban J connectivity index is 2.10. The van der Waals surface area contributed by atoms with Crippen LogP contribution in [0.2, 0.25) is 0 Å². The van der Waals surface area contributed by atoms with E-state index in [-0.39, 0.29) is 0 Å². The summed E-state index contributed by atoms with van der Waals surface area (Å²) in [6.07, 6.45) is 1.26. The summed E-state index contributed by atoms with van der Waals surface area (Å²) in [5, 5.41) is 7.83. The molecule has 1 saturated carbocycles. The minimum absolute atomic E-state index is 0.641. The van der Waals surface area contributed by atoms with Crippen molar-refractivity contribution in [3.8, 4) is 5.88 Å². The lowest BCUT2D eigenvalue weighted by Gasteiger charge is -2.04. The van der Waals surface area contributed by atoms with E-state index in [4.69, 9.17) is 4.74 Å². The molecule has 1 heterocycles. The summed E-state index contributed by atoms with van der Waals surface area (Å²) in [6.45, 7) is 6.37. The highest BCUT2D eigenvalue weighted by atomic mass is 16.5. The van der Waals surface area contributed by atoms with Crippen LogP contribution in [0.1, 0.15) is 30.5 Å². The van der Waals surface area contributed by atoms with E-state index >= 15 is 0 Å². The van der Waals surface area contributed by atoms with Crippen LogP contribution in [0.15, 0.2) is 0 Å². The van der Waals surface area contributed by atoms with Gasteiger partial charge in [-0.25, -0.2) is 4.68 Å². The maximum absolute atomic E-state index is 5.43. The highest BCUT2D eigenvalue weighted by Crippen LogP contribution is 2.51. The van der Waals surface area contributed by atoms with Crippen LogP contribution >= 0.6 is 0 Å². The molecule has 0 radical (unpaired) electrons. The molecule has 0 saturated heterocycles. The number of rotatable bonds is 5. The Labute approximate surface area is 97.0 Å². The Kier molecular flexibility index (Phi) is 3.19. The largest absolute Gasteiger partial charge is 0.481 e. The lowest BCUT2D eigenvalue weighted by Crippen LogP contribution is -2.16. The maximum Gasteiger partial charge on any atom is 0.215 e. The normalized spacial score (nSPS) is 23.5. The fourth-order valence-corrected chi connectivity index (χ4v) is 2.48. The SMILES string of the molecule is CCNCC1CC1c1c(C)nn(C)c1OC. The molecular formula is C12H21N3O. The number of methoxy groups -OCH3 is 1. The molecule has 1 aliphatic rings. The zero-order valence-corrected chi connectivity index (χ0v) is 10.6. The number of nitrogens with zero attached hydrogens (tertiary/aromatic N) is 2. The highest BCUT2D eigenvalue weighted by molar-refractivity contribution is 5.38. The molecule has 1 N–H and O–H groups in total. The first-order valence-corrected chi connectivity index (χ1v) is 5.97. The molecule has 4 nitrogen and oxygen atoms in total. The van der Waals surface area contributed by atoms with Crippen molar-refractivity contribution in [2.45, 2.75) is 26.2 Å². The molecule has 0 amide bonds. The van der Waals surface area contributed by atoms with Gasteiger partial charge < -0.3 is 10.1 Å². The highest BCUT2D eigenvalue weighted by Gasteiger charge is 2.42. The van der Waals surface area contributed by atoms with Gasteiger partial charge in [0.1, 0.15) is 0 Å². The molecule has 1 aromatic rings. The standard InChI is InChI=1S/C12H21N3O/c1-5-13-7-9-6-10(9)11-8(2)14-15(3)12(11)16-4/h9-10,13H,5-7H2,1-4H3. The van der Waals surface area contributed by atoms with E-state index < -0.39 is 0 Å². The first-order valence-electron chi connectivity index (χ1n) is 5.97. The van der Waals surface area contributed by atoms with Crippen molar-refractivity contribution in [1.29, 1.82) is 0 Å². The van der Waals surface area contributed by atoms with Crippen LogP contribution in [-0.4, -0.2) is 30.0 Å². The Morgan fingerprint density at radius 1 is 1.56 bits per heavy atom. The van der Waals surface area contributed by atoms with E-state index in [1.54, 1.807) is 7.11 Å². The molecule has 0 bridgehead atoms. The summed E-state index contributed by atoms with van der Waals surface area (Å²) >= 11 is 0. The van der Waals surface area contributed by atoms with Crippen LogP contribution in [0.25, 0.3) is 0 Å². The monoisotopic (exact) mass is 223 g/mol. The molecule has 2 unspecified atom stereocenters. The minimum atomic E-state index is 0.641. The van der Waals surface area contributed by atoms with Crippen LogP contribution in [0.3, 0.4) is 0 Å². The van der Waals surface area contributed by atoms with Gasteiger partial charge in [-0.3, -0.25) is 0 Å². The molecule has 0 spiro atoms. The molecule has 1 aromatic heterocycles. The van der Waals surface area contributed by atoms with Crippen LogP contribution in [0.5, 0.6) is 5.88 Å². The van der Waals surface area contributed by atoms with Gasteiger partial charge in [-0.05, 0) is 38.3 Å². The fourth-order valence-electron chi connectivity index (χ4n) is 2.48. The molecule has 1 aliphatic carbocycles. The summed E-state index contributed by atoms with van der Waals surface area (Å²) in [4.78, 5) is 0. The molecule has 2 atom stereocenters. The second-order valence-electron chi connectivity index (χ2n) is 4.54. The number of hydrogen-bond acceptors (Lipinski definition) is 3. The van der Waals surface area contributed by atoms with E-state index in [1.165, 1.54) is 12.0 Å². The number of ether oxygens (including phenoxy) is 1. The van der Waals surface area contributed by atoms with Crippen molar-refractivity contribution in [2.75, 3.05) is 20.2 Å². The third kappa shape index (κ3) is 1.94. The molecular weight excluding hydrogens is 202 g/mol. The Bertz CT molecular complexity index is 373. The quantitative estimate of drug-likeness (QED) is 0.821. The summed E-state index contributed by atoms with van der Waals surface area (Å²) in [7, 11) is 3.67. The van der Waals surface area contributed by atoms with Crippen molar-refractivity contribution in [3.05, 3.63) is 11.3 Å². The van der Waals surface area contributed by atoms with Crippen molar-refractivity contribution in [2.24, 2.45) is 13.0 Å². The van der Waals surface area contributed by atoms with Crippen molar-refractivity contribution in [3.63, 3.8) is 0 Å².